The van der Waals surface area contributed by atoms with Crippen LogP contribution in [0.4, 0.5) is 0 Å². The first kappa shape index (κ1) is 15.0. The molecule has 88 valence electrons. The van der Waals surface area contributed by atoms with E-state index in [0.717, 1.165) is 8.88 Å². The molecule has 0 aromatic carbocycles. The lowest BCUT2D eigenvalue weighted by molar-refractivity contribution is 0.206. The van der Waals surface area contributed by atoms with Gasteiger partial charge in [-0.2, -0.15) is 13.3 Å². The molecule has 0 fully saturated rings. The van der Waals surface area contributed by atoms with Gasteiger partial charge in [-0.3, -0.25) is 0 Å². The van der Waals surface area contributed by atoms with Gasteiger partial charge in [0.05, 0.1) is 2.25 Å². The molecule has 0 aromatic rings. The summed E-state index contributed by atoms with van der Waals surface area (Å²) in [6, 6.07) is 0. The maximum absolute atomic E-state index is 5.79. The maximum Gasteiger partial charge on any atom is 0.0985 e. The van der Waals surface area contributed by atoms with Crippen molar-refractivity contribution in [3.05, 3.63) is 0 Å². The molecular weight excluding hydrogens is 248 g/mol. The molecule has 4 heteroatoms. The fourth-order valence-electron chi connectivity index (χ4n) is 1.56. The van der Waals surface area contributed by atoms with Crippen LogP contribution in [-0.4, -0.2) is 2.25 Å². The van der Waals surface area contributed by atoms with Crippen LogP contribution in [-0.2, 0) is 31.3 Å². The van der Waals surface area contributed by atoms with Crippen LogP contribution in [0.25, 0.3) is 0 Å². The summed E-state index contributed by atoms with van der Waals surface area (Å²) in [7, 11) is 0.917. The van der Waals surface area contributed by atoms with Crippen molar-refractivity contribution in [2.45, 2.75) is 54.4 Å². The predicted octanol–water partition coefficient (Wildman–Crippen LogP) is 3.96. The van der Waals surface area contributed by atoms with Crippen molar-refractivity contribution in [3.8, 4) is 0 Å². The highest BCUT2D eigenvalue weighted by Crippen LogP contribution is 2.35. The third-order valence-corrected chi connectivity index (χ3v) is 1.97. The van der Waals surface area contributed by atoms with E-state index in [1.165, 1.54) is 12.8 Å². The molecule has 0 aliphatic heterocycles. The molecule has 0 saturated carbocycles. The van der Waals surface area contributed by atoms with Crippen LogP contribution in [0.5, 0.6) is 0 Å². The molecule has 0 atom stereocenters. The molecule has 0 spiro atoms. The summed E-state index contributed by atoms with van der Waals surface area (Å²) in [5, 5.41) is 0. The Morgan fingerprint density at radius 1 is 1.21 bits per heavy atom. The Balaban J connectivity index is -0.000000235. The van der Waals surface area contributed by atoms with Crippen molar-refractivity contribution in [3.63, 3.8) is 0 Å². The van der Waals surface area contributed by atoms with E-state index in [1.807, 2.05) is 0 Å². The van der Waals surface area contributed by atoms with Gasteiger partial charge in [-0.15, -0.1) is 0 Å². The van der Waals surface area contributed by atoms with Crippen molar-refractivity contribution in [1.29, 1.82) is 2.25 Å². The zero-order chi connectivity index (χ0) is 13.8. The Hall–Kier alpha value is 1.01. The standard InChI is InChI=1S/C10H22.S3.H2S/c1-7-10(5,6)8-9(2,3)4;1-3-2;/h7-8H2,1-6H3;;1H2/i/hD2. The molecule has 0 unspecified atom stereocenters. The van der Waals surface area contributed by atoms with E-state index >= 15 is 0 Å². The average Bonchev–Trinajstić information content (AvgIpc) is 2.03. The van der Waals surface area contributed by atoms with Gasteiger partial charge in [0.15, 0.2) is 0 Å². The smallest absolute Gasteiger partial charge is 0.0985 e. The summed E-state index contributed by atoms with van der Waals surface area (Å²) in [6.45, 7) is 13.9. The normalized spacial score (nSPS) is 12.1. The molecule has 0 saturated heterocycles. The maximum atomic E-state index is 5.79. The lowest BCUT2D eigenvalue weighted by Gasteiger charge is -2.31. The summed E-state index contributed by atoms with van der Waals surface area (Å²) in [5.41, 5.74) is 1.01. The Bertz CT molecular complexity index is 182. The van der Waals surface area contributed by atoms with Crippen LogP contribution in [0.2, 0.25) is 0 Å². The topological polar surface area (TPSA) is 0 Å². The molecule has 0 radical (unpaired) electrons. The van der Waals surface area contributed by atoms with Gasteiger partial charge >= 0.3 is 0 Å². The van der Waals surface area contributed by atoms with E-state index < -0.39 is 0 Å². The van der Waals surface area contributed by atoms with Gasteiger partial charge in [0.1, 0.15) is 0 Å². The minimum absolute atomic E-state index is 0.250. The third kappa shape index (κ3) is 18.7. The minimum Gasteiger partial charge on any atom is -0.197 e. The Morgan fingerprint density at radius 3 is 1.57 bits per heavy atom. The van der Waals surface area contributed by atoms with Gasteiger partial charge in [-0.05, 0) is 17.3 Å². The highest BCUT2D eigenvalue weighted by molar-refractivity contribution is 8.37. The molecule has 0 rings (SSSR count). The van der Waals surface area contributed by atoms with E-state index in [-0.39, 0.29) is 13.3 Å². The predicted molar refractivity (Wildman–Crippen MR) is 80.6 cm³/mol. The lowest BCUT2D eigenvalue weighted by atomic mass is 9.75. The zero-order valence-corrected chi connectivity index (χ0v) is 13.3. The van der Waals surface area contributed by atoms with Gasteiger partial charge in [-0.1, -0.05) is 48.0 Å². The second kappa shape index (κ2) is 9.25. The molecule has 0 bridgehead atoms. The van der Waals surface area contributed by atoms with E-state index in [1.54, 1.807) is 0 Å². The van der Waals surface area contributed by atoms with Gasteiger partial charge in [0.25, 0.3) is 0 Å². The fraction of sp³-hybridized carbons (Fsp3) is 1.00. The second-order valence-electron chi connectivity index (χ2n) is 5.32. The van der Waals surface area contributed by atoms with Crippen molar-refractivity contribution in [1.82, 2.24) is 0 Å². The van der Waals surface area contributed by atoms with Crippen LogP contribution in [0.15, 0.2) is 0 Å². The lowest BCUT2D eigenvalue weighted by Crippen LogP contribution is -2.19. The summed E-state index contributed by atoms with van der Waals surface area (Å²) in [6.07, 6.45) is 2.60. The Morgan fingerprint density at radius 2 is 1.50 bits per heavy atom. The van der Waals surface area contributed by atoms with Crippen molar-refractivity contribution in [2.24, 2.45) is 10.8 Å². The summed E-state index contributed by atoms with van der Waals surface area (Å²) in [5.74, 6) is 0. The van der Waals surface area contributed by atoms with Crippen LogP contribution >= 0.6 is 13.3 Å². The Labute approximate surface area is 112 Å². The molecule has 0 nitrogen and oxygen atoms in total. The first-order chi connectivity index (χ1) is 7.10. The van der Waals surface area contributed by atoms with Crippen LogP contribution in [0, 0.1) is 10.8 Å². The van der Waals surface area contributed by atoms with E-state index in [0.29, 0.717) is 10.8 Å². The summed E-state index contributed by atoms with van der Waals surface area (Å²) in [4.78, 5) is 0. The first-order valence-electron chi connectivity index (χ1n) is 5.42. The monoisotopic (exact) mass is 274 g/mol. The summed E-state index contributed by atoms with van der Waals surface area (Å²) < 4.78 is 11.6. The van der Waals surface area contributed by atoms with Gasteiger partial charge in [0, 0.05) is 31.3 Å². The molecule has 0 aromatic heterocycles. The quantitative estimate of drug-likeness (QED) is 0.747. The van der Waals surface area contributed by atoms with Gasteiger partial charge < -0.3 is 0 Å². The largest absolute Gasteiger partial charge is 0.197 e. The van der Waals surface area contributed by atoms with Gasteiger partial charge in [0.2, 0.25) is 0 Å². The number of hydrogen-bond donors (Lipinski definition) is 0. The molecule has 0 heterocycles. The molecule has 0 N–H and O–H groups in total. The van der Waals surface area contributed by atoms with Crippen molar-refractivity contribution < 1.29 is 0 Å². The van der Waals surface area contributed by atoms with Crippen LogP contribution in [0.3, 0.4) is 0 Å². The van der Waals surface area contributed by atoms with Crippen molar-refractivity contribution >= 4 is 44.6 Å². The molecular formula is C10H24S4. The average molecular weight is 275 g/mol. The molecule has 0 aliphatic carbocycles. The third-order valence-electron chi connectivity index (χ3n) is 1.97. The molecule has 0 amide bonds. The van der Waals surface area contributed by atoms with Gasteiger partial charge in [-0.25, -0.2) is 0 Å². The van der Waals surface area contributed by atoms with E-state index in [2.05, 4.69) is 63.9 Å². The van der Waals surface area contributed by atoms with E-state index in [9.17, 15) is 0 Å². The number of hydrogen-bond acceptors (Lipinski definition) is 2. The number of rotatable bonds is 2. The highest BCUT2D eigenvalue weighted by Gasteiger charge is 2.23. The fourth-order valence-corrected chi connectivity index (χ4v) is 1.56. The summed E-state index contributed by atoms with van der Waals surface area (Å²) >= 11 is 8.50. The Kier molecular flexibility index (Phi) is 9.92. The van der Waals surface area contributed by atoms with E-state index in [4.69, 9.17) is 2.25 Å². The van der Waals surface area contributed by atoms with Crippen molar-refractivity contribution in [2.75, 3.05) is 0 Å². The zero-order valence-electron chi connectivity index (χ0n) is 12.0. The first-order valence-corrected chi connectivity index (χ1v) is 7.27. The SMILES string of the molecule is CCC(C)(C)CC(C)(C)C.S=S=S.[2H]S[2H]. The molecule has 14 heavy (non-hydrogen) atoms. The minimum atomic E-state index is 0.250. The highest BCUT2D eigenvalue weighted by atomic mass is 33.1. The van der Waals surface area contributed by atoms with Crippen LogP contribution < -0.4 is 0 Å². The van der Waals surface area contributed by atoms with Crippen LogP contribution in [0.1, 0.15) is 54.4 Å². The molecule has 0 aliphatic rings. The second-order valence-corrected chi connectivity index (χ2v) is 7.09.